The Balaban J connectivity index is 1.16. The summed E-state index contributed by atoms with van der Waals surface area (Å²) >= 11 is 0. The lowest BCUT2D eigenvalue weighted by molar-refractivity contribution is -0.121. The first-order valence-corrected chi connectivity index (χ1v) is 18.3. The molecule has 1 unspecified atom stereocenters. The maximum atomic E-state index is 14.5. The van der Waals surface area contributed by atoms with Crippen molar-refractivity contribution in [3.8, 4) is 17.0 Å². The van der Waals surface area contributed by atoms with Gasteiger partial charge in [0.25, 0.3) is 0 Å². The maximum Gasteiger partial charge on any atom is 0.411 e. The van der Waals surface area contributed by atoms with Gasteiger partial charge in [0.15, 0.2) is 0 Å². The van der Waals surface area contributed by atoms with E-state index in [1.807, 2.05) is 59.2 Å². The van der Waals surface area contributed by atoms with Gasteiger partial charge in [0.2, 0.25) is 18.0 Å². The molecule has 0 spiro atoms. The van der Waals surface area contributed by atoms with Gasteiger partial charge in [-0.25, -0.2) is 18.4 Å². The number of anilines is 2. The number of nitrogens with one attached hydrogen (secondary N) is 2. The molecule has 7 rings (SSSR count). The third-order valence-corrected chi connectivity index (χ3v) is 9.55. The van der Waals surface area contributed by atoms with Crippen molar-refractivity contribution in [2.45, 2.75) is 96.2 Å². The van der Waals surface area contributed by atoms with Crippen LogP contribution in [0.1, 0.15) is 66.2 Å². The lowest BCUT2D eigenvalue weighted by Gasteiger charge is -2.31. The highest BCUT2D eigenvalue weighted by Gasteiger charge is 2.43. The SMILES string of the molecule is CC(C)(C)OC(=O)N1C[C@H](F)C[C@H]1C(=O)Nc1ccc2c(c1)OC(c1ccccc1)n1c-2cc2cc(NC(=O)[C@@H]3C[C@H](F)CN3C(=O)OC(C)(C)C)ccc21. The smallest absolute Gasteiger partial charge is 0.411 e. The number of rotatable bonds is 5. The first-order valence-electron chi connectivity index (χ1n) is 18.3. The molecule has 3 aliphatic rings. The zero-order valence-electron chi connectivity index (χ0n) is 31.6. The van der Waals surface area contributed by atoms with Gasteiger partial charge >= 0.3 is 12.2 Å². The van der Waals surface area contributed by atoms with Crippen LogP contribution in [0.5, 0.6) is 5.75 Å². The van der Waals surface area contributed by atoms with Crippen LogP contribution in [0.3, 0.4) is 0 Å². The Hall–Kier alpha value is -5.66. The van der Waals surface area contributed by atoms with Gasteiger partial charge in [-0.1, -0.05) is 30.3 Å². The minimum absolute atomic E-state index is 0.137. The van der Waals surface area contributed by atoms with Crippen molar-refractivity contribution in [3.05, 3.63) is 78.4 Å². The first kappa shape index (κ1) is 37.6. The van der Waals surface area contributed by atoms with Crippen molar-refractivity contribution < 1.29 is 42.2 Å². The number of fused-ring (bicyclic) bond motifs is 5. The molecule has 4 heterocycles. The number of likely N-dealkylation sites (tertiary alicyclic amines) is 2. The number of hydrogen-bond donors (Lipinski definition) is 2. The molecule has 0 aliphatic carbocycles. The number of hydrogen-bond acceptors (Lipinski definition) is 7. The summed E-state index contributed by atoms with van der Waals surface area (Å²) in [6.07, 6.45) is -5.12. The topological polar surface area (TPSA) is 131 Å². The lowest BCUT2D eigenvalue weighted by atomic mass is 10.1. The molecule has 2 N–H and O–H groups in total. The van der Waals surface area contributed by atoms with Gasteiger partial charge in [0.1, 0.15) is 41.4 Å². The molecule has 14 heteroatoms. The first-order chi connectivity index (χ1) is 25.9. The number of aromatic nitrogens is 1. The van der Waals surface area contributed by atoms with Crippen LogP contribution in [0, 0.1) is 0 Å². The Morgan fingerprint density at radius 1 is 0.709 bits per heavy atom. The highest BCUT2D eigenvalue weighted by molar-refractivity contribution is 6.00. The summed E-state index contributed by atoms with van der Waals surface area (Å²) in [6, 6.07) is 20.1. The Morgan fingerprint density at radius 2 is 1.24 bits per heavy atom. The normalized spacial score (nSPS) is 22.1. The predicted molar refractivity (Wildman–Crippen MR) is 202 cm³/mol. The fraction of sp³-hybridized carbons (Fsp3) is 0.415. The summed E-state index contributed by atoms with van der Waals surface area (Å²) in [5, 5.41) is 6.49. The molecule has 12 nitrogen and oxygen atoms in total. The van der Waals surface area contributed by atoms with Crippen LogP contribution in [0.2, 0.25) is 0 Å². The van der Waals surface area contributed by atoms with Crippen LogP contribution in [0.15, 0.2) is 72.8 Å². The molecule has 3 aromatic carbocycles. The molecular formula is C41H45F2N5O7. The quantitative estimate of drug-likeness (QED) is 0.212. The van der Waals surface area contributed by atoms with Gasteiger partial charge in [0, 0.05) is 46.8 Å². The fourth-order valence-corrected chi connectivity index (χ4v) is 7.25. The molecule has 1 aromatic heterocycles. The van der Waals surface area contributed by atoms with Gasteiger partial charge in [0.05, 0.1) is 24.3 Å². The van der Waals surface area contributed by atoms with Gasteiger partial charge in [-0.15, -0.1) is 0 Å². The van der Waals surface area contributed by atoms with E-state index in [0.717, 1.165) is 37.5 Å². The number of carbonyl (C=O) groups excluding carboxylic acids is 4. The third-order valence-electron chi connectivity index (χ3n) is 9.55. The molecule has 5 atom stereocenters. The van der Waals surface area contributed by atoms with E-state index >= 15 is 0 Å². The van der Waals surface area contributed by atoms with E-state index < -0.39 is 65.9 Å². The van der Waals surface area contributed by atoms with Crippen LogP contribution in [0.25, 0.3) is 22.2 Å². The van der Waals surface area contributed by atoms with Gasteiger partial charge < -0.3 is 29.4 Å². The lowest BCUT2D eigenvalue weighted by Crippen LogP contribution is -2.45. The fourth-order valence-electron chi connectivity index (χ4n) is 7.25. The molecule has 4 aromatic rings. The van der Waals surface area contributed by atoms with E-state index in [-0.39, 0.29) is 25.9 Å². The third kappa shape index (κ3) is 7.94. The summed E-state index contributed by atoms with van der Waals surface area (Å²) in [5.41, 5.74) is 2.47. The van der Waals surface area contributed by atoms with E-state index in [1.165, 1.54) is 0 Å². The zero-order valence-corrected chi connectivity index (χ0v) is 31.6. The number of alkyl halides is 2. The van der Waals surface area contributed by atoms with Crippen molar-refractivity contribution in [2.75, 3.05) is 23.7 Å². The minimum atomic E-state index is -1.37. The zero-order chi connectivity index (χ0) is 39.4. The summed E-state index contributed by atoms with van der Waals surface area (Å²) in [4.78, 5) is 54.9. The molecule has 0 bridgehead atoms. The van der Waals surface area contributed by atoms with Crippen LogP contribution >= 0.6 is 0 Å². The average Bonchev–Trinajstić information content (AvgIpc) is 3.81. The predicted octanol–water partition coefficient (Wildman–Crippen LogP) is 7.82. The molecule has 2 fully saturated rings. The van der Waals surface area contributed by atoms with E-state index in [4.69, 9.17) is 14.2 Å². The Bertz CT molecular complexity index is 2140. The summed E-state index contributed by atoms with van der Waals surface area (Å²) < 4.78 is 48.6. The number of ether oxygens (including phenoxy) is 3. The molecule has 0 radical (unpaired) electrons. The van der Waals surface area contributed by atoms with Crippen LogP contribution in [-0.4, -0.2) is 87.1 Å². The average molecular weight is 758 g/mol. The van der Waals surface area contributed by atoms with E-state index in [9.17, 15) is 28.0 Å². The van der Waals surface area contributed by atoms with Crippen molar-refractivity contribution in [3.63, 3.8) is 0 Å². The molecule has 290 valence electrons. The summed E-state index contributed by atoms with van der Waals surface area (Å²) in [7, 11) is 0. The number of halogens is 2. The van der Waals surface area contributed by atoms with Crippen LogP contribution in [-0.2, 0) is 19.1 Å². The van der Waals surface area contributed by atoms with E-state index in [1.54, 1.807) is 59.7 Å². The van der Waals surface area contributed by atoms with Crippen molar-refractivity contribution in [2.24, 2.45) is 0 Å². The Morgan fingerprint density at radius 3 is 1.78 bits per heavy atom. The summed E-state index contributed by atoms with van der Waals surface area (Å²) in [5.74, 6) is -0.578. The number of nitrogens with zero attached hydrogens (tertiary/aromatic N) is 3. The summed E-state index contributed by atoms with van der Waals surface area (Å²) in [6.45, 7) is 9.78. The van der Waals surface area contributed by atoms with Gasteiger partial charge in [-0.3, -0.25) is 19.4 Å². The standard InChI is InChI=1S/C41H45F2N5O7/c1-40(2,3)54-38(51)46-21-25(42)18-32(46)35(49)44-27-13-15-30-24(16-27)17-31-29-14-12-28(20-34(29)53-37(48(30)31)23-10-8-7-9-11-23)45-36(50)33-19-26(43)22-47(33)39(52)55-41(4,5)6/h7-17,20,25-26,32-33,37H,18-19,21-22H2,1-6H3,(H,44,49)(H,45,50)/t25-,26+,32-,33-,37?/m0/s1. The number of carbonyl (C=O) groups is 4. The monoisotopic (exact) mass is 757 g/mol. The number of amides is 4. The molecule has 3 aliphatic heterocycles. The Labute approximate surface area is 317 Å². The highest BCUT2D eigenvalue weighted by Crippen LogP contribution is 2.45. The second-order valence-corrected chi connectivity index (χ2v) is 16.2. The molecule has 2 saturated heterocycles. The molecule has 55 heavy (non-hydrogen) atoms. The maximum absolute atomic E-state index is 14.5. The van der Waals surface area contributed by atoms with Crippen molar-refractivity contribution in [1.29, 1.82) is 0 Å². The van der Waals surface area contributed by atoms with E-state index in [2.05, 4.69) is 10.6 Å². The highest BCUT2D eigenvalue weighted by atomic mass is 19.1. The van der Waals surface area contributed by atoms with Crippen molar-refractivity contribution >= 4 is 46.3 Å². The molecule has 4 amide bonds. The largest absolute Gasteiger partial charge is 0.465 e. The molecular weight excluding hydrogens is 712 g/mol. The van der Waals surface area contributed by atoms with Crippen LogP contribution < -0.4 is 15.4 Å². The van der Waals surface area contributed by atoms with Gasteiger partial charge in [-0.2, -0.15) is 0 Å². The Kier molecular flexibility index (Phi) is 9.72. The second-order valence-electron chi connectivity index (χ2n) is 16.2. The van der Waals surface area contributed by atoms with Crippen molar-refractivity contribution in [1.82, 2.24) is 14.4 Å². The second kappa shape index (κ2) is 14.2. The molecule has 0 saturated carbocycles. The minimum Gasteiger partial charge on any atom is -0.465 e. The van der Waals surface area contributed by atoms with Gasteiger partial charge in [-0.05, 0) is 77.9 Å². The van der Waals surface area contributed by atoms with Crippen LogP contribution in [0.4, 0.5) is 29.7 Å². The number of benzene rings is 3. The van der Waals surface area contributed by atoms with E-state index in [0.29, 0.717) is 17.1 Å².